The molecule has 5 heteroatoms. The molecule has 0 atom stereocenters. The quantitative estimate of drug-likeness (QED) is 0.727. The maximum absolute atomic E-state index is 12.9. The average molecular weight is 337 g/mol. The summed E-state index contributed by atoms with van der Waals surface area (Å²) in [6.45, 7) is 5.30. The summed E-state index contributed by atoms with van der Waals surface area (Å²) in [5.74, 6) is 0.889. The Kier molecular flexibility index (Phi) is 6.26. The van der Waals surface area contributed by atoms with Crippen LogP contribution in [-0.4, -0.2) is 13.2 Å². The minimum absolute atomic E-state index is 0.194. The van der Waals surface area contributed by atoms with Crippen LogP contribution in [0.2, 0.25) is 0 Å². The second-order valence-electron chi connectivity index (χ2n) is 5.75. The van der Waals surface area contributed by atoms with Crippen LogP contribution >= 0.6 is 0 Å². The van der Waals surface area contributed by atoms with Crippen molar-refractivity contribution in [3.05, 3.63) is 64.7 Å². The van der Waals surface area contributed by atoms with Crippen molar-refractivity contribution in [3.63, 3.8) is 0 Å². The number of benzene rings is 2. The number of aryl methyl sites for hydroxylation is 2. The van der Waals surface area contributed by atoms with Gasteiger partial charge in [0.1, 0.15) is 5.75 Å². The van der Waals surface area contributed by atoms with Gasteiger partial charge in [-0.05, 0) is 49.6 Å². The van der Waals surface area contributed by atoms with E-state index in [0.29, 0.717) is 13.2 Å². The van der Waals surface area contributed by atoms with Gasteiger partial charge in [0.15, 0.2) is 0 Å². The average Bonchev–Trinajstić information content (AvgIpc) is 2.52. The van der Waals surface area contributed by atoms with E-state index in [2.05, 4.69) is 5.32 Å². The van der Waals surface area contributed by atoms with E-state index < -0.39 is 11.7 Å². The highest BCUT2D eigenvalue weighted by molar-refractivity contribution is 5.39. The lowest BCUT2D eigenvalue weighted by molar-refractivity contribution is -0.138. The van der Waals surface area contributed by atoms with Crippen LogP contribution in [0.4, 0.5) is 13.2 Å². The van der Waals surface area contributed by atoms with Gasteiger partial charge in [-0.1, -0.05) is 36.4 Å². The zero-order valence-corrected chi connectivity index (χ0v) is 13.9. The molecule has 0 bridgehead atoms. The number of para-hydroxylation sites is 1. The smallest absolute Gasteiger partial charge is 0.416 e. The Bertz CT molecular complexity index is 648. The minimum Gasteiger partial charge on any atom is -0.493 e. The van der Waals surface area contributed by atoms with E-state index in [4.69, 9.17) is 4.74 Å². The maximum atomic E-state index is 12.9. The van der Waals surface area contributed by atoms with Gasteiger partial charge in [0.2, 0.25) is 0 Å². The highest BCUT2D eigenvalue weighted by Gasteiger charge is 2.32. The van der Waals surface area contributed by atoms with Crippen molar-refractivity contribution < 1.29 is 17.9 Å². The topological polar surface area (TPSA) is 21.3 Å². The molecule has 0 saturated heterocycles. The molecule has 130 valence electrons. The van der Waals surface area contributed by atoms with Crippen molar-refractivity contribution >= 4 is 0 Å². The summed E-state index contributed by atoms with van der Waals surface area (Å²) in [6.07, 6.45) is -3.59. The number of nitrogens with one attached hydrogen (secondary N) is 1. The Balaban J connectivity index is 1.77. The predicted molar refractivity (Wildman–Crippen MR) is 89.2 cm³/mol. The van der Waals surface area contributed by atoms with Crippen LogP contribution in [0.5, 0.6) is 5.75 Å². The zero-order valence-electron chi connectivity index (χ0n) is 13.9. The van der Waals surface area contributed by atoms with Gasteiger partial charge in [-0.25, -0.2) is 0 Å². The van der Waals surface area contributed by atoms with Gasteiger partial charge in [-0.2, -0.15) is 13.2 Å². The van der Waals surface area contributed by atoms with Crippen LogP contribution in [-0.2, 0) is 12.7 Å². The molecule has 0 aliphatic carbocycles. The summed E-state index contributed by atoms with van der Waals surface area (Å²) in [6, 6.07) is 11.6. The molecule has 0 unspecified atom stereocenters. The molecule has 2 nitrogen and oxygen atoms in total. The number of rotatable bonds is 7. The monoisotopic (exact) mass is 337 g/mol. The third kappa shape index (κ3) is 4.99. The molecule has 0 aromatic heterocycles. The molecule has 0 saturated carbocycles. The number of ether oxygens (including phenoxy) is 1. The van der Waals surface area contributed by atoms with Gasteiger partial charge in [-0.15, -0.1) is 0 Å². The second kappa shape index (κ2) is 8.20. The molecule has 24 heavy (non-hydrogen) atoms. The van der Waals surface area contributed by atoms with Gasteiger partial charge in [0, 0.05) is 6.54 Å². The second-order valence-corrected chi connectivity index (χ2v) is 5.75. The molecule has 0 amide bonds. The van der Waals surface area contributed by atoms with E-state index >= 15 is 0 Å². The lowest BCUT2D eigenvalue weighted by Gasteiger charge is -2.14. The first kappa shape index (κ1) is 18.3. The minimum atomic E-state index is -4.32. The van der Waals surface area contributed by atoms with E-state index in [1.165, 1.54) is 12.1 Å². The molecule has 2 rings (SSSR count). The largest absolute Gasteiger partial charge is 0.493 e. The highest BCUT2D eigenvalue weighted by atomic mass is 19.4. The van der Waals surface area contributed by atoms with Gasteiger partial charge in [0.05, 0.1) is 12.2 Å². The van der Waals surface area contributed by atoms with E-state index in [0.717, 1.165) is 29.4 Å². The van der Waals surface area contributed by atoms with Crippen molar-refractivity contribution in [2.45, 2.75) is 33.0 Å². The fourth-order valence-corrected chi connectivity index (χ4v) is 2.57. The molecule has 0 spiro atoms. The predicted octanol–water partition coefficient (Wildman–Crippen LogP) is 4.88. The van der Waals surface area contributed by atoms with Crippen LogP contribution in [0.15, 0.2) is 42.5 Å². The molecule has 0 fully saturated rings. The van der Waals surface area contributed by atoms with Crippen LogP contribution in [0, 0.1) is 13.8 Å². The summed E-state index contributed by atoms with van der Waals surface area (Å²) in [4.78, 5) is 0. The highest BCUT2D eigenvalue weighted by Crippen LogP contribution is 2.31. The molecule has 2 aromatic rings. The number of alkyl halides is 3. The Morgan fingerprint density at radius 1 is 0.958 bits per heavy atom. The molecule has 2 aromatic carbocycles. The van der Waals surface area contributed by atoms with Crippen LogP contribution in [0.25, 0.3) is 0 Å². The maximum Gasteiger partial charge on any atom is 0.416 e. The Hall–Kier alpha value is -2.01. The third-order valence-electron chi connectivity index (χ3n) is 3.79. The SMILES string of the molecule is Cc1cccc(C)c1OCCCNCc1ccccc1C(F)(F)F. The number of hydrogen-bond donors (Lipinski definition) is 1. The van der Waals surface area contributed by atoms with Crippen molar-refractivity contribution in [1.82, 2.24) is 5.32 Å². The van der Waals surface area contributed by atoms with Crippen LogP contribution < -0.4 is 10.1 Å². The summed E-state index contributed by atoms with van der Waals surface area (Å²) in [5.41, 5.74) is 1.86. The van der Waals surface area contributed by atoms with Crippen LogP contribution in [0.3, 0.4) is 0 Å². The first-order valence-electron chi connectivity index (χ1n) is 7.94. The Morgan fingerprint density at radius 2 is 1.62 bits per heavy atom. The van der Waals surface area contributed by atoms with Crippen molar-refractivity contribution in [2.24, 2.45) is 0 Å². The fourth-order valence-electron chi connectivity index (χ4n) is 2.57. The zero-order chi connectivity index (χ0) is 17.6. The molecule has 0 aliphatic rings. The Labute approximate surface area is 140 Å². The standard InChI is InChI=1S/C19H22F3NO/c1-14-7-5-8-15(2)18(14)24-12-6-11-23-13-16-9-3-4-10-17(16)19(20,21)22/h3-5,7-10,23H,6,11-13H2,1-2H3. The van der Waals surface area contributed by atoms with Crippen molar-refractivity contribution in [2.75, 3.05) is 13.2 Å². The molecule has 0 aliphatic heterocycles. The van der Waals surface area contributed by atoms with E-state index in [1.54, 1.807) is 6.07 Å². The third-order valence-corrected chi connectivity index (χ3v) is 3.79. The van der Waals surface area contributed by atoms with Gasteiger partial charge in [0.25, 0.3) is 0 Å². The molecule has 1 N–H and O–H groups in total. The molecular weight excluding hydrogens is 315 g/mol. The number of halogens is 3. The summed E-state index contributed by atoms with van der Waals surface area (Å²) in [5, 5.41) is 3.05. The summed E-state index contributed by atoms with van der Waals surface area (Å²) < 4.78 is 44.5. The molecule has 0 radical (unpaired) electrons. The first-order valence-corrected chi connectivity index (χ1v) is 7.94. The van der Waals surface area contributed by atoms with E-state index in [9.17, 15) is 13.2 Å². The van der Waals surface area contributed by atoms with Gasteiger partial charge in [-0.3, -0.25) is 0 Å². The molecular formula is C19H22F3NO. The normalized spacial score (nSPS) is 11.5. The number of hydrogen-bond acceptors (Lipinski definition) is 2. The summed E-state index contributed by atoms with van der Waals surface area (Å²) in [7, 11) is 0. The first-order chi connectivity index (χ1) is 11.4. The van der Waals surface area contributed by atoms with E-state index in [1.807, 2.05) is 32.0 Å². The lowest BCUT2D eigenvalue weighted by atomic mass is 10.1. The van der Waals surface area contributed by atoms with Crippen molar-refractivity contribution in [3.8, 4) is 5.75 Å². The fraction of sp³-hybridized carbons (Fsp3) is 0.368. The van der Waals surface area contributed by atoms with Crippen molar-refractivity contribution in [1.29, 1.82) is 0 Å². The van der Waals surface area contributed by atoms with Gasteiger partial charge < -0.3 is 10.1 Å². The van der Waals surface area contributed by atoms with Gasteiger partial charge >= 0.3 is 6.18 Å². The van der Waals surface area contributed by atoms with Crippen LogP contribution in [0.1, 0.15) is 28.7 Å². The Morgan fingerprint density at radius 3 is 2.29 bits per heavy atom. The summed E-state index contributed by atoms with van der Waals surface area (Å²) >= 11 is 0. The molecule has 0 heterocycles. The van der Waals surface area contributed by atoms with E-state index in [-0.39, 0.29) is 12.1 Å². The lowest BCUT2D eigenvalue weighted by Crippen LogP contribution is -2.20.